The van der Waals surface area contributed by atoms with Crippen LogP contribution in [0.5, 0.6) is 0 Å². The summed E-state index contributed by atoms with van der Waals surface area (Å²) in [6.07, 6.45) is 3.61. The summed E-state index contributed by atoms with van der Waals surface area (Å²) in [5.41, 5.74) is 1.27. The Kier molecular flexibility index (Phi) is 3.31. The number of carbonyl (C=O) groups excluding carboxylic acids is 1. The molecule has 1 heterocycles. The molecule has 0 spiro atoms. The molecule has 0 amide bonds. The molecule has 0 radical (unpaired) electrons. The fourth-order valence-electron chi connectivity index (χ4n) is 1.06. The first-order chi connectivity index (χ1) is 6.20. The van der Waals surface area contributed by atoms with E-state index >= 15 is 0 Å². The molecule has 0 atom stereocenters. The minimum Gasteiger partial charge on any atom is -0.465 e. The van der Waals surface area contributed by atoms with Crippen LogP contribution < -0.4 is 0 Å². The van der Waals surface area contributed by atoms with Crippen molar-refractivity contribution in [1.29, 1.82) is 0 Å². The number of nitrogens with zero attached hydrogens (tertiary/aromatic N) is 1. The summed E-state index contributed by atoms with van der Waals surface area (Å²) in [4.78, 5) is 16.3. The van der Waals surface area contributed by atoms with Gasteiger partial charge < -0.3 is 4.74 Å². The van der Waals surface area contributed by atoms with E-state index in [0.717, 1.165) is 4.90 Å². The van der Waals surface area contributed by atoms with Crippen LogP contribution in [-0.4, -0.2) is 24.3 Å². The van der Waals surface area contributed by atoms with Crippen molar-refractivity contribution < 1.29 is 9.53 Å². The van der Waals surface area contributed by atoms with Gasteiger partial charge in [0.1, 0.15) is 0 Å². The van der Waals surface area contributed by atoms with Gasteiger partial charge in [-0.3, -0.25) is 4.98 Å². The molecule has 0 bridgehead atoms. The third-order valence-corrected chi connectivity index (χ3v) is 2.49. The smallest absolute Gasteiger partial charge is 0.340 e. The summed E-state index contributed by atoms with van der Waals surface area (Å²) in [6.45, 7) is 1.80. The van der Waals surface area contributed by atoms with E-state index in [0.29, 0.717) is 11.3 Å². The van der Waals surface area contributed by atoms with Crippen molar-refractivity contribution >= 4 is 17.7 Å². The van der Waals surface area contributed by atoms with E-state index in [1.54, 1.807) is 13.1 Å². The van der Waals surface area contributed by atoms with Crippen molar-refractivity contribution in [1.82, 2.24) is 4.98 Å². The van der Waals surface area contributed by atoms with Crippen LogP contribution in [0, 0.1) is 6.92 Å². The van der Waals surface area contributed by atoms with Gasteiger partial charge in [0.2, 0.25) is 0 Å². The van der Waals surface area contributed by atoms with E-state index < -0.39 is 0 Å². The number of methoxy groups -OCH3 is 1. The third kappa shape index (κ3) is 2.01. The molecule has 0 N–H and O–H groups in total. The van der Waals surface area contributed by atoms with Gasteiger partial charge in [0.05, 0.1) is 18.4 Å². The number of pyridine rings is 1. The summed E-state index contributed by atoms with van der Waals surface area (Å²) in [7, 11) is 1.37. The van der Waals surface area contributed by atoms with Crippen LogP contribution >= 0.6 is 11.8 Å². The van der Waals surface area contributed by atoms with Gasteiger partial charge in [-0.15, -0.1) is 11.8 Å². The Morgan fingerprint density at radius 2 is 2.31 bits per heavy atom. The van der Waals surface area contributed by atoms with Gasteiger partial charge in [-0.25, -0.2) is 4.79 Å². The van der Waals surface area contributed by atoms with Gasteiger partial charge >= 0.3 is 5.97 Å². The average Bonchev–Trinajstić information content (AvgIpc) is 2.16. The maximum Gasteiger partial charge on any atom is 0.340 e. The quantitative estimate of drug-likeness (QED) is 0.536. The lowest BCUT2D eigenvalue weighted by atomic mass is 10.2. The minimum absolute atomic E-state index is 0.324. The second kappa shape index (κ2) is 4.28. The number of ether oxygens (including phenoxy) is 1. The lowest BCUT2D eigenvalue weighted by Crippen LogP contribution is -2.06. The predicted octanol–water partition coefficient (Wildman–Crippen LogP) is 1.90. The summed E-state index contributed by atoms with van der Waals surface area (Å²) >= 11 is 1.51. The Balaban J connectivity index is 3.22. The van der Waals surface area contributed by atoms with Crippen LogP contribution in [0.1, 0.15) is 16.1 Å². The van der Waals surface area contributed by atoms with Crippen molar-refractivity contribution in [2.75, 3.05) is 13.4 Å². The Morgan fingerprint density at radius 3 is 2.85 bits per heavy atom. The Bertz CT molecular complexity index is 325. The zero-order valence-electron chi connectivity index (χ0n) is 7.83. The lowest BCUT2D eigenvalue weighted by Gasteiger charge is -2.06. The van der Waals surface area contributed by atoms with E-state index in [2.05, 4.69) is 9.72 Å². The summed E-state index contributed by atoms with van der Waals surface area (Å²) < 4.78 is 4.67. The molecule has 0 aliphatic rings. The number of carbonyl (C=O) groups is 1. The number of hydrogen-bond donors (Lipinski definition) is 0. The Morgan fingerprint density at radius 1 is 1.62 bits per heavy atom. The standard InChI is InChI=1S/C9H11NO2S/c1-6-8(9(11)12-2)7(13-3)4-5-10-6/h4-5H,1-3H3. The van der Waals surface area contributed by atoms with E-state index in [-0.39, 0.29) is 5.97 Å². The lowest BCUT2D eigenvalue weighted by molar-refractivity contribution is 0.0595. The maximum absolute atomic E-state index is 11.3. The highest BCUT2D eigenvalue weighted by atomic mass is 32.2. The van der Waals surface area contributed by atoms with E-state index in [9.17, 15) is 4.79 Å². The molecule has 3 nitrogen and oxygen atoms in total. The monoisotopic (exact) mass is 197 g/mol. The van der Waals surface area contributed by atoms with Crippen LogP contribution in [-0.2, 0) is 4.74 Å². The number of thioether (sulfide) groups is 1. The molecule has 1 aromatic rings. The molecule has 0 saturated carbocycles. The second-order valence-corrected chi connectivity index (χ2v) is 3.31. The number of aryl methyl sites for hydroxylation is 1. The van der Waals surface area contributed by atoms with Crippen LogP contribution in [0.25, 0.3) is 0 Å². The van der Waals surface area contributed by atoms with Gasteiger partial charge in [0.25, 0.3) is 0 Å². The average molecular weight is 197 g/mol. The molecular formula is C9H11NO2S. The van der Waals surface area contributed by atoms with Gasteiger partial charge in [-0.05, 0) is 19.2 Å². The van der Waals surface area contributed by atoms with Crippen molar-refractivity contribution in [2.45, 2.75) is 11.8 Å². The minimum atomic E-state index is -0.324. The normalized spacial score (nSPS) is 9.77. The highest BCUT2D eigenvalue weighted by Gasteiger charge is 2.14. The molecule has 4 heteroatoms. The molecule has 70 valence electrons. The fourth-order valence-corrected chi connectivity index (χ4v) is 1.70. The number of aromatic nitrogens is 1. The van der Waals surface area contributed by atoms with Gasteiger partial charge in [0, 0.05) is 11.1 Å². The Hall–Kier alpha value is -1.03. The van der Waals surface area contributed by atoms with Crippen molar-refractivity contribution in [3.63, 3.8) is 0 Å². The molecule has 0 saturated heterocycles. The highest BCUT2D eigenvalue weighted by molar-refractivity contribution is 7.98. The van der Waals surface area contributed by atoms with E-state index in [4.69, 9.17) is 0 Å². The van der Waals surface area contributed by atoms with Crippen molar-refractivity contribution in [2.24, 2.45) is 0 Å². The second-order valence-electron chi connectivity index (χ2n) is 2.47. The topological polar surface area (TPSA) is 39.2 Å². The third-order valence-electron chi connectivity index (χ3n) is 1.71. The van der Waals surface area contributed by atoms with Gasteiger partial charge in [-0.1, -0.05) is 0 Å². The maximum atomic E-state index is 11.3. The van der Waals surface area contributed by atoms with Crippen molar-refractivity contribution in [3.8, 4) is 0 Å². The molecule has 0 aliphatic heterocycles. The molecule has 13 heavy (non-hydrogen) atoms. The van der Waals surface area contributed by atoms with Crippen LogP contribution in [0.3, 0.4) is 0 Å². The molecule has 1 rings (SSSR count). The number of esters is 1. The molecular weight excluding hydrogens is 186 g/mol. The largest absolute Gasteiger partial charge is 0.465 e. The van der Waals surface area contributed by atoms with E-state index in [1.165, 1.54) is 18.9 Å². The SMILES string of the molecule is COC(=O)c1c(SC)ccnc1C. The summed E-state index contributed by atoms with van der Waals surface area (Å²) in [6, 6.07) is 1.81. The summed E-state index contributed by atoms with van der Waals surface area (Å²) in [5.74, 6) is -0.324. The first kappa shape index (κ1) is 10.1. The number of rotatable bonds is 2. The fraction of sp³-hybridized carbons (Fsp3) is 0.333. The summed E-state index contributed by atoms with van der Waals surface area (Å²) in [5, 5.41) is 0. The van der Waals surface area contributed by atoms with Crippen LogP contribution in [0.4, 0.5) is 0 Å². The zero-order chi connectivity index (χ0) is 9.84. The molecule has 0 unspecified atom stereocenters. The molecule has 0 fully saturated rings. The van der Waals surface area contributed by atoms with Crippen molar-refractivity contribution in [3.05, 3.63) is 23.5 Å². The Labute approximate surface area is 81.5 Å². The highest BCUT2D eigenvalue weighted by Crippen LogP contribution is 2.22. The van der Waals surface area contributed by atoms with E-state index in [1.807, 2.05) is 12.3 Å². The first-order valence-corrected chi connectivity index (χ1v) is 5.01. The van der Waals surface area contributed by atoms with Gasteiger partial charge in [0.15, 0.2) is 0 Å². The zero-order valence-corrected chi connectivity index (χ0v) is 8.64. The predicted molar refractivity (Wildman–Crippen MR) is 52.1 cm³/mol. The van der Waals surface area contributed by atoms with Crippen LogP contribution in [0.2, 0.25) is 0 Å². The molecule has 0 aromatic carbocycles. The van der Waals surface area contributed by atoms with Crippen LogP contribution in [0.15, 0.2) is 17.2 Å². The molecule has 1 aromatic heterocycles. The first-order valence-electron chi connectivity index (χ1n) is 3.78. The number of hydrogen-bond acceptors (Lipinski definition) is 4. The van der Waals surface area contributed by atoms with Gasteiger partial charge in [-0.2, -0.15) is 0 Å². The molecule has 0 aliphatic carbocycles.